The molecule has 0 radical (unpaired) electrons. The predicted octanol–water partition coefficient (Wildman–Crippen LogP) is 6.53. The van der Waals surface area contributed by atoms with Gasteiger partial charge in [0.05, 0.1) is 13.2 Å². The molecule has 0 spiro atoms. The van der Waals surface area contributed by atoms with E-state index in [0.29, 0.717) is 76.2 Å². The quantitative estimate of drug-likeness (QED) is 0.0157. The monoisotopic (exact) mass is 1020 g/mol. The van der Waals surface area contributed by atoms with Crippen molar-refractivity contribution in [3.8, 4) is 22.6 Å². The van der Waals surface area contributed by atoms with E-state index in [2.05, 4.69) is 31.3 Å². The third-order valence-electron chi connectivity index (χ3n) is 11.5. The highest BCUT2D eigenvalue weighted by Gasteiger charge is 2.23. The Morgan fingerprint density at radius 2 is 0.847 bits per heavy atom. The van der Waals surface area contributed by atoms with Gasteiger partial charge in [-0.2, -0.15) is 0 Å². The summed E-state index contributed by atoms with van der Waals surface area (Å²) in [6.45, 7) is 1.72. The van der Waals surface area contributed by atoms with Crippen LogP contribution >= 0.6 is 24.8 Å². The fourth-order valence-corrected chi connectivity index (χ4v) is 7.98. The maximum absolute atomic E-state index is 13.4. The third-order valence-corrected chi connectivity index (χ3v) is 11.5. The fraction of sp³-hybridized carbons (Fsp3) is 0.296. The number of ether oxygens (including phenoxy) is 2. The Balaban J connectivity index is 0.00000562. The molecule has 0 aromatic heterocycles. The van der Waals surface area contributed by atoms with Gasteiger partial charge in [-0.05, 0) is 83.3 Å². The summed E-state index contributed by atoms with van der Waals surface area (Å²) in [5.41, 5.74) is 25.5. The number of halogens is 2. The number of nitrogens with one attached hydrogen (secondary N) is 4. The van der Waals surface area contributed by atoms with Crippen LogP contribution < -0.4 is 53.7 Å². The Morgan fingerprint density at radius 1 is 0.472 bits per heavy atom. The Kier molecular flexibility index (Phi) is 23.9. The molecule has 18 heteroatoms. The van der Waals surface area contributed by atoms with E-state index < -0.39 is 12.1 Å². The van der Waals surface area contributed by atoms with E-state index in [1.54, 1.807) is 0 Å². The number of rotatable bonds is 27. The second-order valence-corrected chi connectivity index (χ2v) is 16.8. The minimum absolute atomic E-state index is 0. The lowest BCUT2D eigenvalue weighted by molar-refractivity contribution is -0.129. The number of amides is 4. The van der Waals surface area contributed by atoms with E-state index in [1.165, 1.54) is 0 Å². The number of benzene rings is 6. The van der Waals surface area contributed by atoms with Crippen LogP contribution in [-0.2, 0) is 32.3 Å². The summed E-state index contributed by atoms with van der Waals surface area (Å²) in [7, 11) is 0. The molecular weight excluding hydrogens is 956 g/mol. The van der Waals surface area contributed by atoms with Crippen molar-refractivity contribution in [1.82, 2.24) is 21.3 Å². The van der Waals surface area contributed by atoms with E-state index in [-0.39, 0.29) is 86.4 Å². The van der Waals surface area contributed by atoms with Crippen molar-refractivity contribution in [2.24, 2.45) is 32.9 Å². The van der Waals surface area contributed by atoms with Crippen LogP contribution in [-0.4, -0.2) is 73.9 Å². The van der Waals surface area contributed by atoms with E-state index in [4.69, 9.17) is 32.4 Å². The first-order chi connectivity index (χ1) is 34.0. The standard InChI is InChI=1S/C54H64N10O6.2ClH/c55-53(56)59-31-11-23-43(51(67)61-35-37-15-3-1-4-16-37)63-47(65)25-13-33-69-45-29-27-39-19-7-9-21-41(39)49(45)50-42-22-10-8-20-40(42)28-30-46(50)70-34-14-26-48(66)64-44(24-12-32-60-54(57)58)52(68)62-36-38-17-5-2-6-18-38;;/h1-10,15-22,27-30,43-44H,11-14,23-26,31-36H2,(H,61,67)(H,62,68)(H,63,65)(H,64,66)(H4,55,56,59)(H4,57,58,60);2*1H/t43-,44-;;/m1../s1. The second kappa shape index (κ2) is 30.2. The predicted molar refractivity (Wildman–Crippen MR) is 291 cm³/mol. The smallest absolute Gasteiger partial charge is 0.242 e. The van der Waals surface area contributed by atoms with Crippen LogP contribution in [0.2, 0.25) is 0 Å². The van der Waals surface area contributed by atoms with Gasteiger partial charge < -0.3 is 53.7 Å². The van der Waals surface area contributed by atoms with Gasteiger partial charge in [0.2, 0.25) is 23.6 Å². The number of hydrogen-bond acceptors (Lipinski definition) is 8. The zero-order chi connectivity index (χ0) is 49.5. The molecule has 12 N–H and O–H groups in total. The topological polar surface area (TPSA) is 264 Å². The molecule has 0 bridgehead atoms. The number of nitrogens with zero attached hydrogens (tertiary/aromatic N) is 2. The van der Waals surface area contributed by atoms with E-state index in [9.17, 15) is 19.2 Å². The van der Waals surface area contributed by atoms with Crippen LogP contribution in [0.5, 0.6) is 11.5 Å². The minimum Gasteiger partial charge on any atom is -0.493 e. The van der Waals surface area contributed by atoms with Crippen LogP contribution in [0.25, 0.3) is 32.7 Å². The van der Waals surface area contributed by atoms with Gasteiger partial charge in [-0.15, -0.1) is 24.8 Å². The van der Waals surface area contributed by atoms with Crippen molar-refractivity contribution < 1.29 is 28.7 Å². The number of nitrogens with two attached hydrogens (primary N) is 4. The number of hydrogen-bond donors (Lipinski definition) is 8. The summed E-state index contributed by atoms with van der Waals surface area (Å²) in [6.07, 6.45) is 2.66. The van der Waals surface area contributed by atoms with Crippen LogP contribution in [0.4, 0.5) is 0 Å². The molecule has 0 aliphatic rings. The molecule has 0 fully saturated rings. The summed E-state index contributed by atoms with van der Waals surface area (Å²) in [5, 5.41) is 15.6. The van der Waals surface area contributed by atoms with Gasteiger partial charge in [-0.25, -0.2) is 0 Å². The van der Waals surface area contributed by atoms with Gasteiger partial charge in [0.25, 0.3) is 0 Å². The van der Waals surface area contributed by atoms with Crippen molar-refractivity contribution >= 4 is 81.9 Å². The molecule has 72 heavy (non-hydrogen) atoms. The highest BCUT2D eigenvalue weighted by Crippen LogP contribution is 2.45. The van der Waals surface area contributed by atoms with Crippen LogP contribution in [0.15, 0.2) is 143 Å². The summed E-state index contributed by atoms with van der Waals surface area (Å²) in [4.78, 5) is 61.3. The number of fused-ring (bicyclic) bond motifs is 2. The summed E-state index contributed by atoms with van der Waals surface area (Å²) in [5.74, 6) is -0.0202. The van der Waals surface area contributed by atoms with Gasteiger partial charge >= 0.3 is 0 Å². The number of aliphatic imine (C=N–C) groups is 2. The van der Waals surface area contributed by atoms with Gasteiger partial charge in [0.1, 0.15) is 23.6 Å². The largest absolute Gasteiger partial charge is 0.493 e. The zero-order valence-electron chi connectivity index (χ0n) is 40.2. The first-order valence-corrected chi connectivity index (χ1v) is 23.7. The van der Waals surface area contributed by atoms with Gasteiger partial charge in [-0.1, -0.05) is 121 Å². The van der Waals surface area contributed by atoms with Crippen LogP contribution in [0, 0.1) is 0 Å². The lowest BCUT2D eigenvalue weighted by Crippen LogP contribution is -2.46. The van der Waals surface area contributed by atoms with Crippen LogP contribution in [0.3, 0.4) is 0 Å². The fourth-order valence-electron chi connectivity index (χ4n) is 7.98. The summed E-state index contributed by atoms with van der Waals surface area (Å²) in [6, 6.07) is 41.5. The maximum atomic E-state index is 13.4. The molecule has 0 unspecified atom stereocenters. The zero-order valence-corrected chi connectivity index (χ0v) is 41.9. The Morgan fingerprint density at radius 3 is 1.24 bits per heavy atom. The maximum Gasteiger partial charge on any atom is 0.242 e. The van der Waals surface area contributed by atoms with E-state index in [0.717, 1.165) is 43.8 Å². The first kappa shape index (κ1) is 57.0. The van der Waals surface area contributed by atoms with Crippen molar-refractivity contribution in [3.63, 3.8) is 0 Å². The normalized spacial score (nSPS) is 11.4. The molecule has 0 saturated carbocycles. The summed E-state index contributed by atoms with van der Waals surface area (Å²) < 4.78 is 13.1. The molecule has 2 atom stereocenters. The minimum atomic E-state index is -0.779. The molecule has 16 nitrogen and oxygen atoms in total. The molecule has 6 aromatic carbocycles. The molecule has 0 aliphatic carbocycles. The molecule has 0 saturated heterocycles. The number of carbonyl (C=O) groups is 4. The molecular formula is C54H66Cl2N10O6. The van der Waals surface area contributed by atoms with Crippen molar-refractivity contribution in [1.29, 1.82) is 0 Å². The molecule has 6 rings (SSSR count). The Labute approximate surface area is 433 Å². The van der Waals surface area contributed by atoms with Gasteiger partial charge in [-0.3, -0.25) is 29.2 Å². The lowest BCUT2D eigenvalue weighted by Gasteiger charge is -2.20. The third kappa shape index (κ3) is 18.0. The number of carbonyl (C=O) groups excluding carboxylic acids is 4. The molecule has 382 valence electrons. The van der Waals surface area contributed by atoms with Crippen molar-refractivity contribution in [2.75, 3.05) is 26.3 Å². The molecule has 4 amide bonds. The van der Waals surface area contributed by atoms with Crippen molar-refractivity contribution in [2.45, 2.75) is 76.5 Å². The highest BCUT2D eigenvalue weighted by molar-refractivity contribution is 6.09. The summed E-state index contributed by atoms with van der Waals surface area (Å²) >= 11 is 0. The first-order valence-electron chi connectivity index (χ1n) is 23.7. The Bertz CT molecular complexity index is 2550. The Hall–Kier alpha value is -7.56. The average Bonchev–Trinajstić information content (AvgIpc) is 3.37. The molecule has 0 aliphatic heterocycles. The van der Waals surface area contributed by atoms with Gasteiger partial charge in [0.15, 0.2) is 11.9 Å². The van der Waals surface area contributed by atoms with Gasteiger partial charge in [0, 0.05) is 50.1 Å². The van der Waals surface area contributed by atoms with E-state index >= 15 is 0 Å². The van der Waals surface area contributed by atoms with Crippen LogP contribution in [0.1, 0.15) is 62.5 Å². The van der Waals surface area contributed by atoms with Crippen molar-refractivity contribution in [3.05, 3.63) is 145 Å². The number of guanidine groups is 2. The highest BCUT2D eigenvalue weighted by atomic mass is 35.5. The average molecular weight is 1020 g/mol. The SMILES string of the molecule is Cl.Cl.NC(N)=NCCC[C@@H](NC(=O)CCCOc1ccc2ccccc2c1-c1c(OCCCC(=O)N[C@H](CCCN=C(N)N)C(=O)NCc2ccccc2)ccc2ccccc12)C(=O)NCc1ccccc1. The molecule has 0 heterocycles. The second-order valence-electron chi connectivity index (χ2n) is 16.8. The lowest BCUT2D eigenvalue weighted by atomic mass is 9.92. The van der Waals surface area contributed by atoms with E-state index in [1.807, 2.05) is 133 Å². The molecule has 6 aromatic rings.